The Morgan fingerprint density at radius 1 is 1.09 bits per heavy atom. The first kappa shape index (κ1) is 16.3. The Morgan fingerprint density at radius 3 is 2.43 bits per heavy atom. The number of ether oxygens (including phenoxy) is 2. The van der Waals surface area contributed by atoms with Gasteiger partial charge in [0, 0.05) is 22.1 Å². The lowest BCUT2D eigenvalue weighted by atomic mass is 10.2. The van der Waals surface area contributed by atoms with E-state index in [0.29, 0.717) is 40.4 Å². The number of carbonyl (C=O) groups excluding carboxylic acids is 1. The van der Waals surface area contributed by atoms with E-state index in [0.717, 1.165) is 4.90 Å². The normalized spacial score (nSPS) is 12.8. The van der Waals surface area contributed by atoms with Crippen LogP contribution in [0.25, 0.3) is 0 Å². The van der Waals surface area contributed by atoms with Gasteiger partial charge in [0.05, 0.1) is 16.5 Å². The molecule has 0 aromatic heterocycles. The second-order valence-electron chi connectivity index (χ2n) is 4.77. The van der Waals surface area contributed by atoms with Crippen LogP contribution in [-0.4, -0.2) is 24.9 Å². The van der Waals surface area contributed by atoms with Crippen molar-refractivity contribution in [2.75, 3.05) is 24.3 Å². The van der Waals surface area contributed by atoms with E-state index < -0.39 is 0 Å². The third kappa shape index (κ3) is 4.25. The summed E-state index contributed by atoms with van der Waals surface area (Å²) in [5, 5.41) is 3.87. The summed E-state index contributed by atoms with van der Waals surface area (Å²) >= 11 is 13.4. The zero-order valence-electron chi connectivity index (χ0n) is 12.0. The first-order valence-corrected chi connectivity index (χ1v) is 8.63. The summed E-state index contributed by atoms with van der Waals surface area (Å²) in [5.41, 5.74) is 0.512. The Balaban J connectivity index is 1.62. The van der Waals surface area contributed by atoms with Gasteiger partial charge in [-0.2, -0.15) is 0 Å². The number of nitrogens with one attached hydrogen (secondary N) is 1. The van der Waals surface area contributed by atoms with Crippen molar-refractivity contribution in [3.05, 3.63) is 46.4 Å². The summed E-state index contributed by atoms with van der Waals surface area (Å²) in [6.45, 7) is 0.973. The molecule has 1 amide bonds. The average Bonchev–Trinajstić information content (AvgIpc) is 2.55. The largest absolute Gasteiger partial charge is 0.486 e. The van der Waals surface area contributed by atoms with Crippen LogP contribution in [0, 0.1) is 0 Å². The molecule has 1 aliphatic rings. The Hall–Kier alpha value is -1.56. The van der Waals surface area contributed by atoms with Crippen molar-refractivity contribution in [3.63, 3.8) is 0 Å². The van der Waals surface area contributed by atoms with Gasteiger partial charge in [0.15, 0.2) is 11.5 Å². The van der Waals surface area contributed by atoms with Crippen LogP contribution in [0.1, 0.15) is 0 Å². The summed E-state index contributed by atoms with van der Waals surface area (Å²) in [6.07, 6.45) is 0. The molecular weight excluding hydrogens is 357 g/mol. The van der Waals surface area contributed by atoms with Crippen LogP contribution in [0.15, 0.2) is 41.3 Å². The summed E-state index contributed by atoms with van der Waals surface area (Å²) in [6, 6.07) is 10.7. The van der Waals surface area contributed by atoms with Gasteiger partial charge in [-0.25, -0.2) is 0 Å². The monoisotopic (exact) mass is 369 g/mol. The molecule has 0 bridgehead atoms. The summed E-state index contributed by atoms with van der Waals surface area (Å²) in [4.78, 5) is 13.1. The number of amides is 1. The fourth-order valence-electron chi connectivity index (χ4n) is 2.03. The molecule has 0 saturated heterocycles. The van der Waals surface area contributed by atoms with Crippen LogP contribution in [0.4, 0.5) is 5.69 Å². The molecule has 0 spiro atoms. The first-order chi connectivity index (χ1) is 11.1. The molecule has 0 unspecified atom stereocenters. The molecule has 1 heterocycles. The molecule has 0 atom stereocenters. The van der Waals surface area contributed by atoms with Crippen LogP contribution < -0.4 is 14.8 Å². The third-order valence-electron chi connectivity index (χ3n) is 3.09. The highest BCUT2D eigenvalue weighted by atomic mass is 35.5. The minimum absolute atomic E-state index is 0.150. The number of hydrogen-bond acceptors (Lipinski definition) is 4. The molecule has 0 aliphatic carbocycles. The van der Waals surface area contributed by atoms with Crippen LogP contribution in [-0.2, 0) is 4.79 Å². The molecule has 0 fully saturated rings. The molecule has 1 N–H and O–H groups in total. The van der Waals surface area contributed by atoms with Gasteiger partial charge in [-0.15, -0.1) is 11.8 Å². The predicted octanol–water partition coefficient (Wildman–Crippen LogP) is 4.50. The number of anilines is 1. The Morgan fingerprint density at radius 2 is 1.74 bits per heavy atom. The van der Waals surface area contributed by atoms with E-state index in [1.807, 2.05) is 12.1 Å². The van der Waals surface area contributed by atoms with Crippen molar-refractivity contribution in [2.24, 2.45) is 0 Å². The Kier molecular flexibility index (Phi) is 5.20. The summed E-state index contributed by atoms with van der Waals surface area (Å²) < 4.78 is 10.9. The summed E-state index contributed by atoms with van der Waals surface area (Å²) in [7, 11) is 0. The van der Waals surface area contributed by atoms with Crippen LogP contribution in [0.2, 0.25) is 10.0 Å². The number of benzene rings is 2. The second-order valence-corrected chi connectivity index (χ2v) is 6.66. The third-order valence-corrected chi connectivity index (χ3v) is 4.67. The molecular formula is C16H13Cl2NO3S. The van der Waals surface area contributed by atoms with Crippen LogP contribution >= 0.6 is 35.0 Å². The van der Waals surface area contributed by atoms with Gasteiger partial charge in [0.1, 0.15) is 13.2 Å². The molecule has 120 valence electrons. The average molecular weight is 370 g/mol. The molecule has 3 rings (SSSR count). The maximum Gasteiger partial charge on any atom is 0.234 e. The standard InChI is InChI=1S/C16H13Cl2NO3S/c17-10-1-3-11(4-2-10)23-9-16(20)19-13-8-15-14(7-12(13)18)21-5-6-22-15/h1-4,7-8H,5-6,9H2,(H,19,20). The quantitative estimate of drug-likeness (QED) is 0.806. The molecule has 23 heavy (non-hydrogen) atoms. The van der Waals surface area contributed by atoms with Gasteiger partial charge in [-0.05, 0) is 24.3 Å². The maximum absolute atomic E-state index is 12.1. The van der Waals surface area contributed by atoms with Crippen molar-refractivity contribution in [3.8, 4) is 11.5 Å². The van der Waals surface area contributed by atoms with Crippen molar-refractivity contribution < 1.29 is 14.3 Å². The van der Waals surface area contributed by atoms with Crippen LogP contribution in [0.5, 0.6) is 11.5 Å². The van der Waals surface area contributed by atoms with Gasteiger partial charge in [0.2, 0.25) is 5.91 Å². The van der Waals surface area contributed by atoms with E-state index in [1.165, 1.54) is 11.8 Å². The number of halogens is 2. The zero-order chi connectivity index (χ0) is 16.2. The van der Waals surface area contributed by atoms with E-state index in [-0.39, 0.29) is 11.7 Å². The van der Waals surface area contributed by atoms with Crippen LogP contribution in [0.3, 0.4) is 0 Å². The molecule has 2 aromatic carbocycles. The minimum atomic E-state index is -0.150. The molecule has 2 aromatic rings. The van der Waals surface area contributed by atoms with E-state index in [9.17, 15) is 4.79 Å². The number of fused-ring (bicyclic) bond motifs is 1. The SMILES string of the molecule is O=C(CSc1ccc(Cl)cc1)Nc1cc2c(cc1Cl)OCCO2. The van der Waals surface area contributed by atoms with Crippen molar-refractivity contribution in [1.82, 2.24) is 0 Å². The number of rotatable bonds is 4. The lowest BCUT2D eigenvalue weighted by Gasteiger charge is -2.20. The number of carbonyl (C=O) groups is 1. The zero-order valence-corrected chi connectivity index (χ0v) is 14.3. The lowest BCUT2D eigenvalue weighted by molar-refractivity contribution is -0.113. The fourth-order valence-corrected chi connectivity index (χ4v) is 3.05. The predicted molar refractivity (Wildman–Crippen MR) is 93.2 cm³/mol. The van der Waals surface area contributed by atoms with Gasteiger partial charge < -0.3 is 14.8 Å². The fraction of sp³-hybridized carbons (Fsp3) is 0.188. The molecule has 0 radical (unpaired) electrons. The van der Waals surface area contributed by atoms with E-state index in [1.54, 1.807) is 24.3 Å². The smallest absolute Gasteiger partial charge is 0.234 e. The van der Waals surface area contributed by atoms with Crippen molar-refractivity contribution in [2.45, 2.75) is 4.90 Å². The Labute approximate surface area is 148 Å². The van der Waals surface area contributed by atoms with E-state index >= 15 is 0 Å². The highest BCUT2D eigenvalue weighted by Crippen LogP contribution is 2.38. The molecule has 4 nitrogen and oxygen atoms in total. The lowest BCUT2D eigenvalue weighted by Crippen LogP contribution is -2.17. The minimum Gasteiger partial charge on any atom is -0.486 e. The number of hydrogen-bond donors (Lipinski definition) is 1. The first-order valence-electron chi connectivity index (χ1n) is 6.89. The second kappa shape index (κ2) is 7.34. The van der Waals surface area contributed by atoms with Gasteiger partial charge in [0.25, 0.3) is 0 Å². The number of thioether (sulfide) groups is 1. The maximum atomic E-state index is 12.1. The topological polar surface area (TPSA) is 47.6 Å². The van der Waals surface area contributed by atoms with E-state index in [4.69, 9.17) is 32.7 Å². The van der Waals surface area contributed by atoms with Crippen molar-refractivity contribution in [1.29, 1.82) is 0 Å². The Bertz CT molecular complexity index is 722. The van der Waals surface area contributed by atoms with Gasteiger partial charge in [-0.3, -0.25) is 4.79 Å². The molecule has 7 heteroatoms. The molecule has 1 aliphatic heterocycles. The van der Waals surface area contributed by atoms with Crippen molar-refractivity contribution >= 4 is 46.6 Å². The van der Waals surface area contributed by atoms with Gasteiger partial charge in [-0.1, -0.05) is 23.2 Å². The van der Waals surface area contributed by atoms with E-state index in [2.05, 4.69) is 5.32 Å². The highest BCUT2D eigenvalue weighted by molar-refractivity contribution is 8.00. The van der Waals surface area contributed by atoms with Gasteiger partial charge >= 0.3 is 0 Å². The molecule has 0 saturated carbocycles. The summed E-state index contributed by atoms with van der Waals surface area (Å²) in [5.74, 6) is 1.30. The highest BCUT2D eigenvalue weighted by Gasteiger charge is 2.16.